The van der Waals surface area contributed by atoms with Crippen LogP contribution in [0.1, 0.15) is 17.0 Å². The Morgan fingerprint density at radius 2 is 2.05 bits per heavy atom. The van der Waals surface area contributed by atoms with E-state index >= 15 is 0 Å². The average molecular weight is 354 g/mol. The van der Waals surface area contributed by atoms with Gasteiger partial charge in [0.15, 0.2) is 0 Å². The number of nitrogens with zero attached hydrogens (tertiary/aromatic N) is 2. The minimum absolute atomic E-state index is 0.0963. The van der Waals surface area contributed by atoms with Crippen molar-refractivity contribution in [3.05, 3.63) is 51.0 Å². The number of aromatic nitrogens is 2. The lowest BCUT2D eigenvalue weighted by molar-refractivity contribution is -0.137. The van der Waals surface area contributed by atoms with Gasteiger partial charge in [-0.25, -0.2) is 4.98 Å². The second-order valence-electron chi connectivity index (χ2n) is 4.04. The highest BCUT2D eigenvalue weighted by Crippen LogP contribution is 2.32. The van der Waals surface area contributed by atoms with E-state index in [1.165, 1.54) is 6.07 Å². The molecule has 7 heteroatoms. The van der Waals surface area contributed by atoms with Crippen LogP contribution < -0.4 is 0 Å². The number of rotatable bonds is 2. The van der Waals surface area contributed by atoms with Gasteiger partial charge in [-0.1, -0.05) is 17.7 Å². The quantitative estimate of drug-likeness (QED) is 0.767. The van der Waals surface area contributed by atoms with E-state index in [2.05, 4.69) is 20.9 Å². The zero-order valence-corrected chi connectivity index (χ0v) is 12.1. The molecule has 0 aliphatic carbocycles. The molecule has 1 aromatic carbocycles. The monoisotopic (exact) mass is 352 g/mol. The summed E-state index contributed by atoms with van der Waals surface area (Å²) in [4.78, 5) is 4.15. The Labute approximate surface area is 121 Å². The van der Waals surface area contributed by atoms with Crippen LogP contribution in [0.5, 0.6) is 0 Å². The van der Waals surface area contributed by atoms with Crippen LogP contribution in [0.3, 0.4) is 0 Å². The van der Waals surface area contributed by atoms with Gasteiger partial charge in [0.05, 0.1) is 12.1 Å². The molecule has 0 fully saturated rings. The summed E-state index contributed by atoms with van der Waals surface area (Å²) in [6, 6.07) is 3.36. The Hall–Kier alpha value is -1.01. The lowest BCUT2D eigenvalue weighted by Gasteiger charge is -2.11. The second kappa shape index (κ2) is 5.17. The molecular weight excluding hydrogens is 344 g/mol. The molecule has 0 aliphatic rings. The van der Waals surface area contributed by atoms with E-state index < -0.39 is 11.7 Å². The molecule has 0 atom stereocenters. The van der Waals surface area contributed by atoms with Crippen molar-refractivity contribution in [3.63, 3.8) is 0 Å². The lowest BCUT2D eigenvalue weighted by Crippen LogP contribution is -2.06. The molecule has 0 unspecified atom stereocenters. The van der Waals surface area contributed by atoms with Crippen molar-refractivity contribution >= 4 is 27.5 Å². The number of halogens is 5. The van der Waals surface area contributed by atoms with Crippen molar-refractivity contribution in [1.82, 2.24) is 9.55 Å². The number of hydrogen-bond acceptors (Lipinski definition) is 1. The normalized spacial score (nSPS) is 11.9. The van der Waals surface area contributed by atoms with E-state index in [-0.39, 0.29) is 5.02 Å². The van der Waals surface area contributed by atoms with E-state index in [4.69, 9.17) is 11.6 Å². The summed E-state index contributed by atoms with van der Waals surface area (Å²) in [5.74, 6) is 0.753. The van der Waals surface area contributed by atoms with Crippen molar-refractivity contribution in [3.8, 4) is 0 Å². The van der Waals surface area contributed by atoms with Gasteiger partial charge in [-0.2, -0.15) is 13.2 Å². The molecule has 1 heterocycles. The summed E-state index contributed by atoms with van der Waals surface area (Å²) in [6.45, 7) is 2.18. The van der Waals surface area contributed by atoms with Gasteiger partial charge in [0.25, 0.3) is 0 Å². The molecule has 2 nitrogen and oxygen atoms in total. The van der Waals surface area contributed by atoms with Crippen LogP contribution in [-0.4, -0.2) is 9.55 Å². The third kappa shape index (κ3) is 3.30. The number of imidazole rings is 1. The molecular formula is C12H9BrClF3N2. The highest BCUT2D eigenvalue weighted by Gasteiger charge is 2.30. The standard InChI is InChI=1S/C12H9BrClF3N2/c1-7-18-11(13)6-19(7)5-8-2-3-9(4-10(8)14)12(15,16)17/h2-4,6H,5H2,1H3. The molecule has 0 saturated carbocycles. The van der Waals surface area contributed by atoms with Crippen molar-refractivity contribution in [2.75, 3.05) is 0 Å². The number of alkyl halides is 3. The van der Waals surface area contributed by atoms with Gasteiger partial charge in [0.2, 0.25) is 0 Å². The molecule has 2 rings (SSSR count). The predicted octanol–water partition coefficient (Wildman–Crippen LogP) is 4.67. The maximum Gasteiger partial charge on any atom is 0.416 e. The summed E-state index contributed by atoms with van der Waals surface area (Å²) in [5.41, 5.74) is -0.132. The summed E-state index contributed by atoms with van der Waals surface area (Å²) >= 11 is 9.14. The molecule has 0 amide bonds. The highest BCUT2D eigenvalue weighted by atomic mass is 79.9. The summed E-state index contributed by atoms with van der Waals surface area (Å²) in [6.07, 6.45) is -2.63. The lowest BCUT2D eigenvalue weighted by atomic mass is 10.1. The Morgan fingerprint density at radius 3 is 2.53 bits per heavy atom. The topological polar surface area (TPSA) is 17.8 Å². The Kier molecular flexibility index (Phi) is 3.92. The van der Waals surface area contributed by atoms with E-state index in [9.17, 15) is 13.2 Å². The molecule has 1 aromatic heterocycles. The van der Waals surface area contributed by atoms with E-state index in [1.807, 2.05) is 6.92 Å². The van der Waals surface area contributed by atoms with Crippen LogP contribution in [0.15, 0.2) is 29.0 Å². The van der Waals surface area contributed by atoms with Crippen LogP contribution in [0.25, 0.3) is 0 Å². The number of benzene rings is 1. The SMILES string of the molecule is Cc1nc(Br)cn1Cc1ccc(C(F)(F)F)cc1Cl. The zero-order valence-electron chi connectivity index (χ0n) is 9.80. The highest BCUT2D eigenvalue weighted by molar-refractivity contribution is 9.10. The Bertz CT molecular complexity index is 608. The predicted molar refractivity (Wildman–Crippen MR) is 70.2 cm³/mol. The first-order valence-corrected chi connectivity index (χ1v) is 6.49. The molecule has 0 spiro atoms. The van der Waals surface area contributed by atoms with Gasteiger partial charge in [-0.15, -0.1) is 0 Å². The van der Waals surface area contributed by atoms with Gasteiger partial charge in [0.1, 0.15) is 10.4 Å². The zero-order chi connectivity index (χ0) is 14.2. The summed E-state index contributed by atoms with van der Waals surface area (Å²) in [7, 11) is 0. The molecule has 0 radical (unpaired) electrons. The number of hydrogen-bond donors (Lipinski definition) is 0. The van der Waals surface area contributed by atoms with E-state index in [0.29, 0.717) is 16.7 Å². The molecule has 19 heavy (non-hydrogen) atoms. The van der Waals surface area contributed by atoms with Crippen LogP contribution >= 0.6 is 27.5 Å². The smallest absolute Gasteiger partial charge is 0.329 e. The van der Waals surface area contributed by atoms with Crippen molar-refractivity contribution in [1.29, 1.82) is 0 Å². The van der Waals surface area contributed by atoms with Crippen LogP contribution in [0, 0.1) is 6.92 Å². The third-order valence-corrected chi connectivity index (χ3v) is 3.40. The maximum atomic E-state index is 12.5. The molecule has 2 aromatic rings. The average Bonchev–Trinajstić information content (AvgIpc) is 2.59. The minimum atomic E-state index is -4.38. The number of aryl methyl sites for hydroxylation is 1. The Morgan fingerprint density at radius 1 is 1.37 bits per heavy atom. The van der Waals surface area contributed by atoms with E-state index in [1.54, 1.807) is 10.8 Å². The van der Waals surface area contributed by atoms with Gasteiger partial charge in [-0.3, -0.25) is 0 Å². The maximum absolute atomic E-state index is 12.5. The molecule has 0 bridgehead atoms. The van der Waals surface area contributed by atoms with Crippen LogP contribution in [0.4, 0.5) is 13.2 Å². The first-order chi connectivity index (χ1) is 8.77. The van der Waals surface area contributed by atoms with Crippen LogP contribution in [-0.2, 0) is 12.7 Å². The van der Waals surface area contributed by atoms with Gasteiger partial charge in [0, 0.05) is 11.2 Å². The third-order valence-electron chi connectivity index (χ3n) is 2.67. The summed E-state index contributed by atoms with van der Waals surface area (Å²) < 4.78 is 40.0. The van der Waals surface area contributed by atoms with E-state index in [0.717, 1.165) is 18.0 Å². The molecule has 0 aliphatic heterocycles. The van der Waals surface area contributed by atoms with Crippen molar-refractivity contribution < 1.29 is 13.2 Å². The van der Waals surface area contributed by atoms with Gasteiger partial charge < -0.3 is 4.57 Å². The molecule has 0 N–H and O–H groups in total. The van der Waals surface area contributed by atoms with Gasteiger partial charge >= 0.3 is 6.18 Å². The fraction of sp³-hybridized carbons (Fsp3) is 0.250. The Balaban J connectivity index is 2.30. The molecule has 0 saturated heterocycles. The first-order valence-electron chi connectivity index (χ1n) is 5.32. The summed E-state index contributed by atoms with van der Waals surface area (Å²) in [5, 5.41) is 0.0963. The minimum Gasteiger partial charge on any atom is -0.329 e. The van der Waals surface area contributed by atoms with Gasteiger partial charge in [-0.05, 0) is 40.5 Å². The molecule has 102 valence electrons. The largest absolute Gasteiger partial charge is 0.416 e. The van der Waals surface area contributed by atoms with Crippen molar-refractivity contribution in [2.24, 2.45) is 0 Å². The van der Waals surface area contributed by atoms with Crippen LogP contribution in [0.2, 0.25) is 5.02 Å². The fourth-order valence-electron chi connectivity index (χ4n) is 1.67. The second-order valence-corrected chi connectivity index (χ2v) is 5.26. The first kappa shape index (κ1) is 14.4. The fourth-order valence-corrected chi connectivity index (χ4v) is 2.41. The van der Waals surface area contributed by atoms with Crippen molar-refractivity contribution in [2.45, 2.75) is 19.6 Å².